The van der Waals surface area contributed by atoms with Gasteiger partial charge < -0.3 is 9.64 Å². The number of benzene rings is 1. The topological polar surface area (TPSA) is 29.5 Å². The summed E-state index contributed by atoms with van der Waals surface area (Å²) in [6, 6.07) is 10.4. The van der Waals surface area contributed by atoms with Crippen molar-refractivity contribution in [2.45, 2.75) is 26.3 Å². The smallest absolute Gasteiger partial charge is 0.306 e. The Hall–Kier alpha value is -1.77. The fourth-order valence-corrected chi connectivity index (χ4v) is 2.30. The van der Waals surface area contributed by atoms with Crippen molar-refractivity contribution < 1.29 is 9.53 Å². The molecule has 1 aliphatic rings. The van der Waals surface area contributed by atoms with Gasteiger partial charge in [-0.25, -0.2) is 0 Å². The van der Waals surface area contributed by atoms with Crippen LogP contribution in [0.4, 0.5) is 0 Å². The van der Waals surface area contributed by atoms with Gasteiger partial charge >= 0.3 is 5.97 Å². The molecule has 0 saturated carbocycles. The molecule has 0 aliphatic carbocycles. The minimum atomic E-state index is -0.0892. The van der Waals surface area contributed by atoms with E-state index in [1.807, 2.05) is 13.0 Å². The van der Waals surface area contributed by atoms with Crippen molar-refractivity contribution in [2.75, 3.05) is 13.2 Å². The van der Waals surface area contributed by atoms with Crippen LogP contribution >= 0.6 is 0 Å². The molecule has 3 nitrogen and oxygen atoms in total. The third kappa shape index (κ3) is 4.43. The highest BCUT2D eigenvalue weighted by Gasteiger charge is 2.17. The fourth-order valence-electron chi connectivity index (χ4n) is 2.30. The van der Waals surface area contributed by atoms with Crippen LogP contribution in [0.3, 0.4) is 0 Å². The number of esters is 1. The molecule has 102 valence electrons. The van der Waals surface area contributed by atoms with E-state index in [0.717, 1.165) is 19.5 Å². The van der Waals surface area contributed by atoms with Crippen molar-refractivity contribution in [1.82, 2.24) is 4.90 Å². The highest BCUT2D eigenvalue weighted by Crippen LogP contribution is 2.19. The number of allylic oxidation sites excluding steroid dienone is 1. The van der Waals surface area contributed by atoms with E-state index >= 15 is 0 Å². The largest absolute Gasteiger partial charge is 0.466 e. The van der Waals surface area contributed by atoms with E-state index in [1.165, 1.54) is 5.56 Å². The van der Waals surface area contributed by atoms with Crippen molar-refractivity contribution in [3.63, 3.8) is 0 Å². The zero-order valence-corrected chi connectivity index (χ0v) is 11.4. The summed E-state index contributed by atoms with van der Waals surface area (Å²) in [5, 5.41) is 0. The predicted molar refractivity (Wildman–Crippen MR) is 75.3 cm³/mol. The Labute approximate surface area is 114 Å². The van der Waals surface area contributed by atoms with Gasteiger partial charge in [0, 0.05) is 13.1 Å². The molecule has 2 rings (SSSR count). The molecule has 1 heterocycles. The molecule has 1 aromatic carbocycles. The molecule has 1 unspecified atom stereocenters. The van der Waals surface area contributed by atoms with Crippen molar-refractivity contribution in [2.24, 2.45) is 5.92 Å². The summed E-state index contributed by atoms with van der Waals surface area (Å²) in [5.74, 6) is 0.236. The molecule has 1 aromatic rings. The zero-order chi connectivity index (χ0) is 13.5. The maximum atomic E-state index is 11.4. The number of carbonyl (C=O) groups excluding carboxylic acids is 1. The molecule has 0 radical (unpaired) electrons. The fraction of sp³-hybridized carbons (Fsp3) is 0.438. The molecule has 0 amide bonds. The number of hydrogen-bond donors (Lipinski definition) is 0. The van der Waals surface area contributed by atoms with Crippen LogP contribution in [0.5, 0.6) is 0 Å². The lowest BCUT2D eigenvalue weighted by Gasteiger charge is -2.27. The quantitative estimate of drug-likeness (QED) is 0.761. The predicted octanol–water partition coefficient (Wildman–Crippen LogP) is 2.98. The van der Waals surface area contributed by atoms with E-state index in [1.54, 1.807) is 0 Å². The third-order valence-corrected chi connectivity index (χ3v) is 3.32. The first-order chi connectivity index (χ1) is 9.28. The summed E-state index contributed by atoms with van der Waals surface area (Å²) >= 11 is 0. The van der Waals surface area contributed by atoms with Gasteiger partial charge in [0.15, 0.2) is 0 Å². The monoisotopic (exact) mass is 259 g/mol. The molecule has 0 aromatic heterocycles. The Morgan fingerprint density at radius 2 is 2.16 bits per heavy atom. The number of nitrogens with zero attached hydrogens (tertiary/aromatic N) is 1. The minimum Gasteiger partial charge on any atom is -0.466 e. The third-order valence-electron chi connectivity index (χ3n) is 3.32. The highest BCUT2D eigenvalue weighted by molar-refractivity contribution is 5.69. The lowest BCUT2D eigenvalue weighted by Crippen LogP contribution is -2.25. The Morgan fingerprint density at radius 1 is 1.37 bits per heavy atom. The molecular weight excluding hydrogens is 238 g/mol. The standard InChI is InChI=1S/C16H21NO2/c1-2-19-16(18)12-14-8-10-17(11-9-14)13-15-6-4-3-5-7-15/h3-8,10,14H,2,9,11-13H2,1H3. The van der Waals surface area contributed by atoms with Crippen LogP contribution in [0.25, 0.3) is 0 Å². The second-order valence-electron chi connectivity index (χ2n) is 4.86. The van der Waals surface area contributed by atoms with Gasteiger partial charge in [-0.3, -0.25) is 4.79 Å². The number of carbonyl (C=O) groups is 1. The molecule has 0 saturated heterocycles. The van der Waals surface area contributed by atoms with Gasteiger partial charge in [-0.2, -0.15) is 0 Å². The minimum absolute atomic E-state index is 0.0892. The van der Waals surface area contributed by atoms with Crippen LogP contribution < -0.4 is 0 Å². The summed E-state index contributed by atoms with van der Waals surface area (Å²) in [5.41, 5.74) is 1.32. The summed E-state index contributed by atoms with van der Waals surface area (Å²) in [4.78, 5) is 13.7. The average Bonchev–Trinajstić information content (AvgIpc) is 2.42. The van der Waals surface area contributed by atoms with Crippen molar-refractivity contribution >= 4 is 5.97 Å². The van der Waals surface area contributed by atoms with Crippen LogP contribution in [-0.2, 0) is 16.1 Å². The second kappa shape index (κ2) is 6.98. The van der Waals surface area contributed by atoms with Gasteiger partial charge in [0.2, 0.25) is 0 Å². The van der Waals surface area contributed by atoms with Crippen LogP contribution in [-0.4, -0.2) is 24.0 Å². The second-order valence-corrected chi connectivity index (χ2v) is 4.86. The highest BCUT2D eigenvalue weighted by atomic mass is 16.5. The number of rotatable bonds is 5. The molecule has 0 spiro atoms. The number of ether oxygens (including phenoxy) is 1. The maximum absolute atomic E-state index is 11.4. The molecule has 3 heteroatoms. The van der Waals surface area contributed by atoms with Gasteiger partial charge in [0.1, 0.15) is 0 Å². The van der Waals surface area contributed by atoms with Crippen LogP contribution in [0.15, 0.2) is 42.6 Å². The summed E-state index contributed by atoms with van der Waals surface area (Å²) in [7, 11) is 0. The van der Waals surface area contributed by atoms with Crippen LogP contribution in [0.2, 0.25) is 0 Å². The Balaban J connectivity index is 1.81. The Bertz CT molecular complexity index is 428. The van der Waals surface area contributed by atoms with Crippen LogP contribution in [0.1, 0.15) is 25.3 Å². The molecule has 0 bridgehead atoms. The zero-order valence-electron chi connectivity index (χ0n) is 11.4. The van der Waals surface area contributed by atoms with E-state index in [4.69, 9.17) is 4.74 Å². The first-order valence-electron chi connectivity index (χ1n) is 6.90. The van der Waals surface area contributed by atoms with E-state index in [0.29, 0.717) is 18.9 Å². The molecule has 0 fully saturated rings. The number of hydrogen-bond acceptors (Lipinski definition) is 3. The lowest BCUT2D eigenvalue weighted by atomic mass is 9.98. The maximum Gasteiger partial charge on any atom is 0.306 e. The van der Waals surface area contributed by atoms with Gasteiger partial charge in [-0.15, -0.1) is 0 Å². The van der Waals surface area contributed by atoms with E-state index in [2.05, 4.69) is 41.4 Å². The molecular formula is C16H21NO2. The van der Waals surface area contributed by atoms with Crippen molar-refractivity contribution in [3.8, 4) is 0 Å². The molecule has 1 atom stereocenters. The van der Waals surface area contributed by atoms with E-state index in [9.17, 15) is 4.79 Å². The Kier molecular flexibility index (Phi) is 5.01. The lowest BCUT2D eigenvalue weighted by molar-refractivity contribution is -0.143. The van der Waals surface area contributed by atoms with Gasteiger partial charge in [0.25, 0.3) is 0 Å². The normalized spacial score (nSPS) is 18.4. The van der Waals surface area contributed by atoms with Crippen molar-refractivity contribution in [1.29, 1.82) is 0 Å². The Morgan fingerprint density at radius 3 is 2.79 bits per heavy atom. The van der Waals surface area contributed by atoms with Crippen molar-refractivity contribution in [3.05, 3.63) is 48.2 Å². The van der Waals surface area contributed by atoms with Gasteiger partial charge in [-0.1, -0.05) is 36.4 Å². The average molecular weight is 259 g/mol. The molecule has 0 N–H and O–H groups in total. The van der Waals surface area contributed by atoms with E-state index in [-0.39, 0.29) is 5.97 Å². The molecule has 19 heavy (non-hydrogen) atoms. The summed E-state index contributed by atoms with van der Waals surface area (Å²) < 4.78 is 4.98. The first-order valence-corrected chi connectivity index (χ1v) is 6.90. The summed E-state index contributed by atoms with van der Waals surface area (Å²) in [6.45, 7) is 4.24. The van der Waals surface area contributed by atoms with Gasteiger partial charge in [-0.05, 0) is 31.0 Å². The van der Waals surface area contributed by atoms with Gasteiger partial charge in [0.05, 0.1) is 13.0 Å². The van der Waals surface area contributed by atoms with Crippen LogP contribution in [0, 0.1) is 5.92 Å². The SMILES string of the molecule is CCOC(=O)CC1C=CN(Cc2ccccc2)CC1. The molecule has 1 aliphatic heterocycles. The van der Waals surface area contributed by atoms with E-state index < -0.39 is 0 Å². The first kappa shape index (κ1) is 13.7. The summed E-state index contributed by atoms with van der Waals surface area (Å²) in [6.07, 6.45) is 5.76.